The van der Waals surface area contributed by atoms with Gasteiger partial charge in [0.2, 0.25) is 0 Å². The third-order valence-corrected chi connectivity index (χ3v) is 1.85. The Labute approximate surface area is 86.7 Å². The molecule has 0 aromatic carbocycles. The molecule has 0 aromatic rings. The molecule has 0 aliphatic carbocycles. The summed E-state index contributed by atoms with van der Waals surface area (Å²) in [5.74, 6) is -0.982. The molecule has 0 amide bonds. The minimum atomic E-state index is -0.734. The van der Waals surface area contributed by atoms with Crippen LogP contribution in [0.3, 0.4) is 0 Å². The number of hydrogen-bond acceptors (Lipinski definition) is 6. The predicted octanol–water partition coefficient (Wildman–Crippen LogP) is -0.0223. The number of carbonyl (C=O) groups is 2. The maximum absolute atomic E-state index is 11.0. The van der Waals surface area contributed by atoms with Crippen molar-refractivity contribution in [3.63, 3.8) is 0 Å². The molecule has 0 saturated carbocycles. The second kappa shape index (κ2) is 5.47. The van der Waals surface area contributed by atoms with Crippen molar-refractivity contribution >= 4 is 11.9 Å². The number of rotatable bonds is 3. The third-order valence-electron chi connectivity index (χ3n) is 1.85. The van der Waals surface area contributed by atoms with Crippen molar-refractivity contribution in [2.24, 2.45) is 0 Å². The molecule has 0 N–H and O–H groups in total. The fraction of sp³-hybridized carbons (Fsp3) is 0.556. The average molecular weight is 216 g/mol. The topological polar surface area (TPSA) is 71.1 Å². The summed E-state index contributed by atoms with van der Waals surface area (Å²) in [6, 6.07) is 0. The van der Waals surface area contributed by atoms with Gasteiger partial charge in [-0.05, 0) is 6.08 Å². The van der Waals surface area contributed by atoms with Crippen LogP contribution in [0.4, 0.5) is 0 Å². The zero-order chi connectivity index (χ0) is 11.3. The Morgan fingerprint density at radius 3 is 2.60 bits per heavy atom. The second-order valence-corrected chi connectivity index (χ2v) is 2.86. The summed E-state index contributed by atoms with van der Waals surface area (Å²) < 4.78 is 8.86. The molecule has 6 nitrogen and oxygen atoms in total. The van der Waals surface area contributed by atoms with Crippen molar-refractivity contribution in [3.05, 3.63) is 12.2 Å². The first-order chi connectivity index (χ1) is 7.17. The summed E-state index contributed by atoms with van der Waals surface area (Å²) in [5, 5.41) is 0. The number of carbonyl (C=O) groups excluding carboxylic acids is 2. The molecular formula is C9H12O6. The smallest absolute Gasteiger partial charge is 0.338 e. The standard InChI is InChI=1S/C9H12O6/c1-12-8(10)4-3-6-5-7(15-14-6)9(11)13-2/h3-4,6-7H,5H2,1-2H3/b4-3-/t6-,7-/m0/s1. The fourth-order valence-electron chi connectivity index (χ4n) is 1.06. The average Bonchev–Trinajstić information content (AvgIpc) is 2.73. The Balaban J connectivity index is 2.40. The van der Waals surface area contributed by atoms with Gasteiger partial charge in [0, 0.05) is 12.5 Å². The molecule has 1 rings (SSSR count). The van der Waals surface area contributed by atoms with Crippen LogP contribution in [-0.2, 0) is 28.8 Å². The first-order valence-electron chi connectivity index (χ1n) is 4.33. The van der Waals surface area contributed by atoms with Crippen molar-refractivity contribution in [1.82, 2.24) is 0 Å². The van der Waals surface area contributed by atoms with Crippen LogP contribution in [0.25, 0.3) is 0 Å². The predicted molar refractivity (Wildman–Crippen MR) is 47.5 cm³/mol. The van der Waals surface area contributed by atoms with Crippen molar-refractivity contribution in [1.29, 1.82) is 0 Å². The summed E-state index contributed by atoms with van der Waals surface area (Å²) in [6.45, 7) is 0. The van der Waals surface area contributed by atoms with E-state index in [2.05, 4.69) is 9.47 Å². The van der Waals surface area contributed by atoms with Crippen LogP contribution >= 0.6 is 0 Å². The van der Waals surface area contributed by atoms with Gasteiger partial charge >= 0.3 is 11.9 Å². The number of esters is 2. The summed E-state index contributed by atoms with van der Waals surface area (Å²) in [5.41, 5.74) is 0. The van der Waals surface area contributed by atoms with Gasteiger partial charge in [-0.2, -0.15) is 0 Å². The molecule has 1 aliphatic rings. The van der Waals surface area contributed by atoms with Crippen LogP contribution in [0, 0.1) is 0 Å². The minimum absolute atomic E-state index is 0.320. The fourth-order valence-corrected chi connectivity index (χ4v) is 1.06. The van der Waals surface area contributed by atoms with E-state index in [4.69, 9.17) is 9.78 Å². The van der Waals surface area contributed by atoms with Gasteiger partial charge in [0.05, 0.1) is 14.2 Å². The lowest BCUT2D eigenvalue weighted by Gasteiger charge is -2.01. The molecule has 1 fully saturated rings. The SMILES string of the molecule is COC(=O)/C=C\[C@H]1C[C@@H](C(=O)OC)OO1. The molecule has 84 valence electrons. The Kier molecular flexibility index (Phi) is 4.26. The highest BCUT2D eigenvalue weighted by Crippen LogP contribution is 2.18. The van der Waals surface area contributed by atoms with Gasteiger partial charge in [0.15, 0.2) is 6.10 Å². The summed E-state index contributed by atoms with van der Waals surface area (Å²) in [7, 11) is 2.54. The lowest BCUT2D eigenvalue weighted by atomic mass is 10.1. The van der Waals surface area contributed by atoms with Gasteiger partial charge < -0.3 is 9.47 Å². The highest BCUT2D eigenvalue weighted by atomic mass is 17.2. The lowest BCUT2D eigenvalue weighted by molar-refractivity contribution is -0.287. The van der Waals surface area contributed by atoms with Gasteiger partial charge in [-0.3, -0.25) is 0 Å². The quantitative estimate of drug-likeness (QED) is 0.375. The second-order valence-electron chi connectivity index (χ2n) is 2.86. The first kappa shape index (κ1) is 11.7. The molecule has 15 heavy (non-hydrogen) atoms. The van der Waals surface area contributed by atoms with Gasteiger partial charge in [-0.15, -0.1) is 0 Å². The zero-order valence-electron chi connectivity index (χ0n) is 8.47. The maximum atomic E-state index is 11.0. The van der Waals surface area contributed by atoms with E-state index in [-0.39, 0.29) is 0 Å². The van der Waals surface area contributed by atoms with Crippen LogP contribution < -0.4 is 0 Å². The highest BCUT2D eigenvalue weighted by Gasteiger charge is 2.32. The molecule has 0 aromatic heterocycles. The highest BCUT2D eigenvalue weighted by molar-refractivity contribution is 5.81. The summed E-state index contributed by atoms with van der Waals surface area (Å²) >= 11 is 0. The van der Waals surface area contributed by atoms with Crippen molar-refractivity contribution < 1.29 is 28.8 Å². The number of hydrogen-bond donors (Lipinski definition) is 0. The minimum Gasteiger partial charge on any atom is -0.467 e. The van der Waals surface area contributed by atoms with E-state index in [1.54, 1.807) is 0 Å². The van der Waals surface area contributed by atoms with E-state index in [0.29, 0.717) is 6.42 Å². The molecule has 2 atom stereocenters. The molecule has 1 aliphatic heterocycles. The Bertz CT molecular complexity index is 272. The van der Waals surface area contributed by atoms with Crippen LogP contribution in [0.15, 0.2) is 12.2 Å². The van der Waals surface area contributed by atoms with E-state index in [1.807, 2.05) is 0 Å². The van der Waals surface area contributed by atoms with Crippen molar-refractivity contribution in [3.8, 4) is 0 Å². The summed E-state index contributed by atoms with van der Waals surface area (Å²) in [6.07, 6.45) is 1.83. The largest absolute Gasteiger partial charge is 0.467 e. The van der Waals surface area contributed by atoms with Crippen molar-refractivity contribution in [2.45, 2.75) is 18.6 Å². The Morgan fingerprint density at radius 1 is 1.27 bits per heavy atom. The molecule has 6 heteroatoms. The Hall–Kier alpha value is -1.40. The van der Waals surface area contributed by atoms with E-state index in [1.165, 1.54) is 26.4 Å². The number of ether oxygens (including phenoxy) is 2. The molecule has 0 bridgehead atoms. The molecule has 0 unspecified atom stereocenters. The van der Waals surface area contributed by atoms with Crippen molar-refractivity contribution in [2.75, 3.05) is 14.2 Å². The van der Waals surface area contributed by atoms with Gasteiger partial charge in [-0.25, -0.2) is 19.4 Å². The van der Waals surface area contributed by atoms with Crippen LogP contribution in [0.5, 0.6) is 0 Å². The van der Waals surface area contributed by atoms with E-state index in [0.717, 1.165) is 0 Å². The summed E-state index contributed by atoms with van der Waals surface area (Å²) in [4.78, 5) is 31.2. The molecule has 0 spiro atoms. The third kappa shape index (κ3) is 3.34. The van der Waals surface area contributed by atoms with Crippen LogP contribution in [0.2, 0.25) is 0 Å². The van der Waals surface area contributed by atoms with Crippen LogP contribution in [0.1, 0.15) is 6.42 Å². The molecule has 1 saturated heterocycles. The van der Waals surface area contributed by atoms with Gasteiger partial charge in [0.1, 0.15) is 6.10 Å². The van der Waals surface area contributed by atoms with Gasteiger partial charge in [-0.1, -0.05) is 0 Å². The lowest BCUT2D eigenvalue weighted by Crippen LogP contribution is -2.20. The normalized spacial score (nSPS) is 25.5. The monoisotopic (exact) mass is 216 g/mol. The van der Waals surface area contributed by atoms with Gasteiger partial charge in [0.25, 0.3) is 0 Å². The van der Waals surface area contributed by atoms with E-state index >= 15 is 0 Å². The molecular weight excluding hydrogens is 204 g/mol. The molecule has 0 radical (unpaired) electrons. The van der Waals surface area contributed by atoms with E-state index < -0.39 is 24.1 Å². The number of methoxy groups -OCH3 is 2. The van der Waals surface area contributed by atoms with Crippen LogP contribution in [-0.4, -0.2) is 38.4 Å². The first-order valence-corrected chi connectivity index (χ1v) is 4.33. The molecule has 1 heterocycles. The zero-order valence-corrected chi connectivity index (χ0v) is 8.47. The maximum Gasteiger partial charge on any atom is 0.338 e. The van der Waals surface area contributed by atoms with E-state index in [9.17, 15) is 9.59 Å². The Morgan fingerprint density at radius 2 is 2.00 bits per heavy atom.